The van der Waals surface area contributed by atoms with Gasteiger partial charge in [-0.2, -0.15) is 0 Å². The topological polar surface area (TPSA) is 55.8 Å². The molecule has 0 heterocycles. The molecule has 220 valence electrons. The molecule has 4 heteroatoms. The Labute approximate surface area is 235 Å². The Morgan fingerprint density at radius 3 is 1.76 bits per heavy atom. The molecular formula is C34H60O4. The second-order valence-electron chi connectivity index (χ2n) is 10.2. The summed E-state index contributed by atoms with van der Waals surface area (Å²) in [6, 6.07) is 0. The summed E-state index contributed by atoms with van der Waals surface area (Å²) >= 11 is 0. The first-order chi connectivity index (χ1) is 18.7. The smallest absolute Gasteiger partial charge is 0.306 e. The molecule has 0 rings (SSSR count). The van der Waals surface area contributed by atoms with E-state index in [0.717, 1.165) is 57.8 Å². The third-order valence-electron chi connectivity index (χ3n) is 6.42. The molecule has 0 saturated carbocycles. The van der Waals surface area contributed by atoms with E-state index in [1.165, 1.54) is 57.8 Å². The Hall–Kier alpha value is -1.65. The van der Waals surface area contributed by atoms with Crippen molar-refractivity contribution in [2.75, 3.05) is 19.8 Å². The number of esters is 1. The van der Waals surface area contributed by atoms with Crippen molar-refractivity contribution in [3.8, 4) is 0 Å². The maximum Gasteiger partial charge on any atom is 0.306 e. The van der Waals surface area contributed by atoms with Crippen LogP contribution in [0.4, 0.5) is 0 Å². The van der Waals surface area contributed by atoms with E-state index < -0.39 is 6.10 Å². The molecule has 0 spiro atoms. The Balaban J connectivity index is 3.41. The second kappa shape index (κ2) is 31.6. The fraction of sp³-hybridized carbons (Fsp3) is 0.735. The molecule has 0 fully saturated rings. The molecule has 0 amide bonds. The van der Waals surface area contributed by atoms with Gasteiger partial charge in [-0.3, -0.25) is 4.79 Å². The van der Waals surface area contributed by atoms with E-state index in [0.29, 0.717) is 13.0 Å². The lowest BCUT2D eigenvalue weighted by molar-refractivity contribution is -0.154. The number of aliphatic hydroxyl groups excluding tert-OH is 1. The average Bonchev–Trinajstić information content (AvgIpc) is 2.92. The van der Waals surface area contributed by atoms with Crippen molar-refractivity contribution >= 4 is 5.97 Å². The highest BCUT2D eigenvalue weighted by molar-refractivity contribution is 5.69. The largest absolute Gasteiger partial charge is 0.457 e. The van der Waals surface area contributed by atoms with Crippen LogP contribution in [-0.4, -0.2) is 37.0 Å². The molecule has 0 aliphatic carbocycles. The lowest BCUT2D eigenvalue weighted by Crippen LogP contribution is -2.27. The Bertz CT molecular complexity index is 606. The standard InChI is InChI=1S/C34H60O4/c1-3-5-7-9-10-11-12-13-14-15-16-17-18-19-20-21-22-23-24-25-26-28-30-37-32-33(31-35)38-34(36)29-27-8-6-4-2/h5,7,10-11,13-14,16-17,33,35H,3-4,6,8-9,12,15,18-32H2,1-2H3/b7-5-,11-10-,14-13-,17-16-. The van der Waals surface area contributed by atoms with Gasteiger partial charge in [-0.05, 0) is 51.4 Å². The average molecular weight is 533 g/mol. The Morgan fingerprint density at radius 2 is 1.18 bits per heavy atom. The van der Waals surface area contributed by atoms with Gasteiger partial charge in [0.2, 0.25) is 0 Å². The van der Waals surface area contributed by atoms with E-state index in [1.807, 2.05) is 0 Å². The SMILES string of the molecule is CC/C=C\C/C=C\C/C=C\C/C=C\CCCCCCCCCCCOCC(CO)OC(=O)CCCCCC. The quantitative estimate of drug-likeness (QED) is 0.0619. The monoisotopic (exact) mass is 532 g/mol. The number of hydrogen-bond donors (Lipinski definition) is 1. The maximum absolute atomic E-state index is 11.8. The van der Waals surface area contributed by atoms with E-state index in [-0.39, 0.29) is 19.2 Å². The summed E-state index contributed by atoms with van der Waals surface area (Å²) in [5.41, 5.74) is 0. The zero-order valence-electron chi connectivity index (χ0n) is 24.9. The number of carbonyl (C=O) groups is 1. The minimum atomic E-state index is -0.531. The molecule has 0 aromatic heterocycles. The van der Waals surface area contributed by atoms with Crippen molar-refractivity contribution in [1.29, 1.82) is 0 Å². The normalized spacial score (nSPS) is 13.0. The first-order valence-corrected chi connectivity index (χ1v) is 15.7. The molecule has 0 aliphatic rings. The first kappa shape index (κ1) is 36.4. The van der Waals surface area contributed by atoms with Crippen molar-refractivity contribution < 1.29 is 19.4 Å². The van der Waals surface area contributed by atoms with E-state index in [1.54, 1.807) is 0 Å². The van der Waals surface area contributed by atoms with Crippen molar-refractivity contribution in [3.05, 3.63) is 48.6 Å². The molecule has 0 aromatic rings. The van der Waals surface area contributed by atoms with Crippen molar-refractivity contribution in [2.45, 2.75) is 142 Å². The molecule has 0 bridgehead atoms. The van der Waals surface area contributed by atoms with Crippen LogP contribution < -0.4 is 0 Å². The van der Waals surface area contributed by atoms with Crippen LogP contribution in [0.15, 0.2) is 48.6 Å². The number of aliphatic hydroxyl groups is 1. The van der Waals surface area contributed by atoms with Crippen LogP contribution in [0, 0.1) is 0 Å². The van der Waals surface area contributed by atoms with Gasteiger partial charge >= 0.3 is 5.97 Å². The summed E-state index contributed by atoms with van der Waals surface area (Å²) < 4.78 is 10.9. The third kappa shape index (κ3) is 28.9. The molecule has 0 radical (unpaired) electrons. The summed E-state index contributed by atoms with van der Waals surface area (Å²) in [5, 5.41) is 9.40. The lowest BCUT2D eigenvalue weighted by atomic mass is 10.1. The molecular weight excluding hydrogens is 472 g/mol. The summed E-state index contributed by atoms with van der Waals surface area (Å²) in [4.78, 5) is 11.8. The van der Waals surface area contributed by atoms with Gasteiger partial charge in [0, 0.05) is 13.0 Å². The molecule has 1 atom stereocenters. The molecule has 4 nitrogen and oxygen atoms in total. The Kier molecular flexibility index (Phi) is 30.2. The van der Waals surface area contributed by atoms with Crippen LogP contribution in [0.5, 0.6) is 0 Å². The summed E-state index contributed by atoms with van der Waals surface area (Å²) in [6.45, 7) is 5.09. The van der Waals surface area contributed by atoms with Crippen molar-refractivity contribution in [1.82, 2.24) is 0 Å². The van der Waals surface area contributed by atoms with Gasteiger partial charge in [0.15, 0.2) is 0 Å². The number of carbonyl (C=O) groups excluding carboxylic acids is 1. The highest BCUT2D eigenvalue weighted by Gasteiger charge is 2.13. The number of hydrogen-bond acceptors (Lipinski definition) is 4. The zero-order chi connectivity index (χ0) is 27.8. The van der Waals surface area contributed by atoms with Gasteiger partial charge in [0.1, 0.15) is 6.10 Å². The van der Waals surface area contributed by atoms with Gasteiger partial charge in [-0.15, -0.1) is 0 Å². The zero-order valence-corrected chi connectivity index (χ0v) is 24.9. The highest BCUT2D eigenvalue weighted by atomic mass is 16.6. The molecule has 0 aliphatic heterocycles. The second-order valence-corrected chi connectivity index (χ2v) is 10.2. The molecule has 1 N–H and O–H groups in total. The van der Waals surface area contributed by atoms with Crippen LogP contribution >= 0.6 is 0 Å². The predicted octanol–water partition coefficient (Wildman–Crippen LogP) is 9.58. The van der Waals surface area contributed by atoms with Crippen LogP contribution in [0.1, 0.15) is 136 Å². The van der Waals surface area contributed by atoms with Crippen LogP contribution in [0.2, 0.25) is 0 Å². The fourth-order valence-electron chi connectivity index (χ4n) is 4.08. The first-order valence-electron chi connectivity index (χ1n) is 15.7. The lowest BCUT2D eigenvalue weighted by Gasteiger charge is -2.15. The number of unbranched alkanes of at least 4 members (excludes halogenated alkanes) is 12. The van der Waals surface area contributed by atoms with E-state index in [4.69, 9.17) is 9.47 Å². The maximum atomic E-state index is 11.8. The molecule has 1 unspecified atom stereocenters. The summed E-state index contributed by atoms with van der Waals surface area (Å²) in [7, 11) is 0. The van der Waals surface area contributed by atoms with Crippen molar-refractivity contribution in [2.24, 2.45) is 0 Å². The van der Waals surface area contributed by atoms with E-state index >= 15 is 0 Å². The van der Waals surface area contributed by atoms with E-state index in [9.17, 15) is 9.90 Å². The molecule has 0 aromatic carbocycles. The highest BCUT2D eigenvalue weighted by Crippen LogP contribution is 2.11. The van der Waals surface area contributed by atoms with Gasteiger partial charge in [0.25, 0.3) is 0 Å². The fourth-order valence-corrected chi connectivity index (χ4v) is 4.08. The molecule has 0 saturated heterocycles. The van der Waals surface area contributed by atoms with Crippen LogP contribution in [0.25, 0.3) is 0 Å². The number of rotatable bonds is 28. The van der Waals surface area contributed by atoms with Crippen LogP contribution in [0.3, 0.4) is 0 Å². The van der Waals surface area contributed by atoms with Gasteiger partial charge in [0.05, 0.1) is 13.2 Å². The third-order valence-corrected chi connectivity index (χ3v) is 6.42. The van der Waals surface area contributed by atoms with Gasteiger partial charge in [-0.1, -0.05) is 127 Å². The Morgan fingerprint density at radius 1 is 0.658 bits per heavy atom. The predicted molar refractivity (Wildman–Crippen MR) is 163 cm³/mol. The molecule has 38 heavy (non-hydrogen) atoms. The summed E-state index contributed by atoms with van der Waals surface area (Å²) in [5.74, 6) is -0.224. The van der Waals surface area contributed by atoms with E-state index in [2.05, 4.69) is 62.5 Å². The minimum Gasteiger partial charge on any atom is -0.457 e. The van der Waals surface area contributed by atoms with Gasteiger partial charge < -0.3 is 14.6 Å². The number of ether oxygens (including phenoxy) is 2. The van der Waals surface area contributed by atoms with Crippen LogP contribution in [-0.2, 0) is 14.3 Å². The minimum absolute atomic E-state index is 0.176. The van der Waals surface area contributed by atoms with Crippen molar-refractivity contribution in [3.63, 3.8) is 0 Å². The summed E-state index contributed by atoms with van der Waals surface area (Å²) in [6.07, 6.45) is 39.0. The number of allylic oxidation sites excluding steroid dienone is 8. The van der Waals surface area contributed by atoms with Gasteiger partial charge in [-0.25, -0.2) is 0 Å².